The van der Waals surface area contributed by atoms with Gasteiger partial charge in [0, 0.05) is 12.3 Å². The highest BCUT2D eigenvalue weighted by atomic mass is 16.5. The third-order valence-electron chi connectivity index (χ3n) is 6.69. The summed E-state index contributed by atoms with van der Waals surface area (Å²) in [6.45, 7) is 0. The molecule has 0 radical (unpaired) electrons. The molecule has 1 atom stereocenters. The van der Waals surface area contributed by atoms with Crippen LogP contribution in [0.15, 0.2) is 78.9 Å². The predicted molar refractivity (Wildman–Crippen MR) is 121 cm³/mol. The van der Waals surface area contributed by atoms with Crippen molar-refractivity contribution in [1.29, 1.82) is 0 Å². The van der Waals surface area contributed by atoms with Crippen LogP contribution in [0.4, 0.5) is 0 Å². The molecule has 0 bridgehead atoms. The second-order valence-corrected chi connectivity index (χ2v) is 8.31. The van der Waals surface area contributed by atoms with Gasteiger partial charge >= 0.3 is 0 Å². The molecular formula is C27H30O4. The summed E-state index contributed by atoms with van der Waals surface area (Å²) in [7, 11) is 3.30. The van der Waals surface area contributed by atoms with Crippen LogP contribution in [0.1, 0.15) is 42.4 Å². The van der Waals surface area contributed by atoms with Crippen LogP contribution in [0, 0.1) is 5.92 Å². The minimum Gasteiger partial charge on any atom is -0.497 e. The maximum atomic E-state index is 11.3. The molecule has 0 aliphatic heterocycles. The van der Waals surface area contributed by atoms with E-state index in [1.165, 1.54) is 0 Å². The van der Waals surface area contributed by atoms with Gasteiger partial charge in [0.05, 0.1) is 19.6 Å². The lowest BCUT2D eigenvalue weighted by molar-refractivity contribution is -0.227. The van der Waals surface area contributed by atoms with Crippen LogP contribution in [-0.2, 0) is 5.41 Å². The van der Waals surface area contributed by atoms with Crippen molar-refractivity contribution in [2.75, 3.05) is 14.2 Å². The number of benzene rings is 3. The summed E-state index contributed by atoms with van der Waals surface area (Å²) in [5, 5.41) is 22.5. The quantitative estimate of drug-likeness (QED) is 0.441. The first-order chi connectivity index (χ1) is 15.0. The van der Waals surface area contributed by atoms with Crippen LogP contribution in [0.5, 0.6) is 11.5 Å². The first-order valence-electron chi connectivity index (χ1n) is 10.8. The molecule has 1 fully saturated rings. The van der Waals surface area contributed by atoms with Crippen molar-refractivity contribution in [3.63, 3.8) is 0 Å². The highest BCUT2D eigenvalue weighted by Crippen LogP contribution is 2.53. The number of rotatable bonds is 6. The zero-order chi connectivity index (χ0) is 21.9. The van der Waals surface area contributed by atoms with Crippen LogP contribution in [0.3, 0.4) is 0 Å². The third-order valence-corrected chi connectivity index (χ3v) is 6.69. The van der Waals surface area contributed by atoms with E-state index < -0.39 is 17.1 Å². The molecule has 3 aromatic rings. The normalized spacial score (nSPS) is 18.4. The number of ether oxygens (including phenoxy) is 2. The molecule has 1 unspecified atom stereocenters. The summed E-state index contributed by atoms with van der Waals surface area (Å²) < 4.78 is 10.8. The van der Waals surface area contributed by atoms with E-state index in [2.05, 4.69) is 12.1 Å². The molecule has 0 amide bonds. The SMILES string of the molecule is COc1ccc(C(c2ccccc2)(c2ccc(OC)cc2)C2CCCCC2(O)O)cc1. The smallest absolute Gasteiger partial charge is 0.166 e. The summed E-state index contributed by atoms with van der Waals surface area (Å²) in [6, 6.07) is 26.1. The van der Waals surface area contributed by atoms with E-state index in [-0.39, 0.29) is 0 Å². The first kappa shape index (κ1) is 21.4. The fraction of sp³-hybridized carbons (Fsp3) is 0.333. The van der Waals surface area contributed by atoms with Crippen LogP contribution >= 0.6 is 0 Å². The van der Waals surface area contributed by atoms with Crippen LogP contribution in [-0.4, -0.2) is 30.2 Å². The molecular weight excluding hydrogens is 388 g/mol. The summed E-state index contributed by atoms with van der Waals surface area (Å²) in [4.78, 5) is 0. The van der Waals surface area contributed by atoms with E-state index in [0.717, 1.165) is 41.0 Å². The minimum atomic E-state index is -1.78. The topological polar surface area (TPSA) is 58.9 Å². The zero-order valence-corrected chi connectivity index (χ0v) is 18.1. The standard InChI is InChI=1S/C27H30O4/c1-30-23-15-11-21(12-16-23)27(20-8-4-3-5-9-20,22-13-17-24(31-2)18-14-22)25-10-6-7-19-26(25,28)29/h3-5,8-9,11-18,25,28-29H,6-7,10,19H2,1-2H3. The molecule has 0 aromatic heterocycles. The van der Waals surface area contributed by atoms with Crippen molar-refractivity contribution in [3.05, 3.63) is 95.6 Å². The van der Waals surface area contributed by atoms with Crippen molar-refractivity contribution < 1.29 is 19.7 Å². The van der Waals surface area contributed by atoms with Gasteiger partial charge in [-0.3, -0.25) is 0 Å². The maximum absolute atomic E-state index is 11.3. The van der Waals surface area contributed by atoms with Gasteiger partial charge in [-0.25, -0.2) is 0 Å². The third kappa shape index (κ3) is 3.82. The van der Waals surface area contributed by atoms with Crippen molar-refractivity contribution in [2.24, 2.45) is 5.92 Å². The van der Waals surface area contributed by atoms with Crippen molar-refractivity contribution in [1.82, 2.24) is 0 Å². The van der Waals surface area contributed by atoms with E-state index >= 15 is 0 Å². The molecule has 4 heteroatoms. The van der Waals surface area contributed by atoms with E-state index in [0.29, 0.717) is 12.8 Å². The van der Waals surface area contributed by atoms with Crippen LogP contribution in [0.25, 0.3) is 0 Å². The Labute approximate surface area is 184 Å². The molecule has 3 aromatic carbocycles. The number of hydrogen-bond donors (Lipinski definition) is 2. The summed E-state index contributed by atoms with van der Waals surface area (Å²) in [6.07, 6.45) is 2.83. The van der Waals surface area contributed by atoms with Gasteiger partial charge in [-0.1, -0.05) is 61.0 Å². The maximum Gasteiger partial charge on any atom is 0.166 e. The molecule has 31 heavy (non-hydrogen) atoms. The molecule has 2 N–H and O–H groups in total. The second-order valence-electron chi connectivity index (χ2n) is 8.31. The van der Waals surface area contributed by atoms with E-state index in [9.17, 15) is 10.2 Å². The number of aliphatic hydroxyl groups is 2. The summed E-state index contributed by atoms with van der Waals surface area (Å²) in [5.74, 6) is -0.668. The summed E-state index contributed by atoms with van der Waals surface area (Å²) >= 11 is 0. The monoisotopic (exact) mass is 418 g/mol. The highest BCUT2D eigenvalue weighted by molar-refractivity contribution is 5.53. The average molecular weight is 419 g/mol. The lowest BCUT2D eigenvalue weighted by Gasteiger charge is -2.49. The molecule has 162 valence electrons. The molecule has 1 saturated carbocycles. The minimum absolute atomic E-state index is 0.360. The number of methoxy groups -OCH3 is 2. The molecule has 4 nitrogen and oxygen atoms in total. The highest BCUT2D eigenvalue weighted by Gasteiger charge is 2.53. The second kappa shape index (κ2) is 8.74. The predicted octanol–water partition coefficient (Wildman–Crippen LogP) is 4.91. The first-order valence-corrected chi connectivity index (χ1v) is 10.8. The Morgan fingerprint density at radius 1 is 0.710 bits per heavy atom. The van der Waals surface area contributed by atoms with E-state index in [1.54, 1.807) is 14.2 Å². The average Bonchev–Trinajstić information content (AvgIpc) is 2.82. The van der Waals surface area contributed by atoms with Gasteiger partial charge in [-0.05, 0) is 53.8 Å². The van der Waals surface area contributed by atoms with Gasteiger partial charge in [-0.15, -0.1) is 0 Å². The largest absolute Gasteiger partial charge is 0.497 e. The van der Waals surface area contributed by atoms with Gasteiger partial charge in [-0.2, -0.15) is 0 Å². The fourth-order valence-electron chi connectivity index (χ4n) is 5.21. The van der Waals surface area contributed by atoms with E-state index in [4.69, 9.17) is 9.47 Å². The lowest BCUT2D eigenvalue weighted by atomic mass is 9.56. The van der Waals surface area contributed by atoms with Crippen molar-refractivity contribution in [3.8, 4) is 11.5 Å². The Morgan fingerprint density at radius 3 is 1.65 bits per heavy atom. The van der Waals surface area contributed by atoms with Gasteiger partial charge in [0.25, 0.3) is 0 Å². The Balaban J connectivity index is 2.04. The van der Waals surface area contributed by atoms with Crippen LogP contribution in [0.2, 0.25) is 0 Å². The summed E-state index contributed by atoms with van der Waals surface area (Å²) in [5.41, 5.74) is 2.29. The van der Waals surface area contributed by atoms with Gasteiger partial charge in [0.2, 0.25) is 0 Å². The van der Waals surface area contributed by atoms with Crippen molar-refractivity contribution >= 4 is 0 Å². The Bertz CT molecular complexity index is 931. The molecule has 1 aliphatic carbocycles. The zero-order valence-electron chi connectivity index (χ0n) is 18.1. The molecule has 0 spiro atoms. The Hall–Kier alpha value is -2.82. The number of hydrogen-bond acceptors (Lipinski definition) is 4. The fourth-order valence-corrected chi connectivity index (χ4v) is 5.21. The Kier molecular flexibility index (Phi) is 6.03. The van der Waals surface area contributed by atoms with Gasteiger partial charge < -0.3 is 19.7 Å². The Morgan fingerprint density at radius 2 is 1.19 bits per heavy atom. The van der Waals surface area contributed by atoms with Gasteiger partial charge in [0.1, 0.15) is 11.5 Å². The molecule has 0 saturated heterocycles. The molecule has 4 rings (SSSR count). The van der Waals surface area contributed by atoms with Gasteiger partial charge in [0.15, 0.2) is 5.79 Å². The van der Waals surface area contributed by atoms with Crippen LogP contribution < -0.4 is 9.47 Å². The van der Waals surface area contributed by atoms with E-state index in [1.807, 2.05) is 66.7 Å². The molecule has 0 heterocycles. The van der Waals surface area contributed by atoms with Crippen molar-refractivity contribution in [2.45, 2.75) is 36.9 Å². The lowest BCUT2D eigenvalue weighted by Crippen LogP contribution is -2.53. The molecule has 1 aliphatic rings.